The molecule has 0 unspecified atom stereocenters. The maximum atomic E-state index is 6.20. The van der Waals surface area contributed by atoms with Crippen molar-refractivity contribution in [2.45, 2.75) is 6.92 Å². The predicted molar refractivity (Wildman–Crippen MR) is 98.2 cm³/mol. The zero-order chi connectivity index (χ0) is 17.4. The van der Waals surface area contributed by atoms with E-state index in [1.165, 1.54) is 5.56 Å². The van der Waals surface area contributed by atoms with Gasteiger partial charge in [-0.2, -0.15) is 14.9 Å². The minimum atomic E-state index is 0.167. The van der Waals surface area contributed by atoms with E-state index in [0.717, 1.165) is 11.1 Å². The SMILES string of the molecule is Cc1ccc(-c2n[nH]c(=S)n2/N=C\c2cc(Cl)c3c(c2)OCO3)cc1. The van der Waals surface area contributed by atoms with Gasteiger partial charge in [-0.05, 0) is 36.8 Å². The third-order valence-electron chi connectivity index (χ3n) is 3.73. The molecule has 6 nitrogen and oxygen atoms in total. The Kier molecular flexibility index (Phi) is 4.03. The Morgan fingerprint density at radius 1 is 1.28 bits per heavy atom. The molecular weight excluding hydrogens is 360 g/mol. The second-order valence-electron chi connectivity index (χ2n) is 5.51. The molecule has 2 aromatic carbocycles. The highest BCUT2D eigenvalue weighted by molar-refractivity contribution is 7.71. The lowest BCUT2D eigenvalue weighted by molar-refractivity contribution is 0.174. The van der Waals surface area contributed by atoms with E-state index in [-0.39, 0.29) is 6.79 Å². The van der Waals surface area contributed by atoms with Crippen LogP contribution in [0.2, 0.25) is 5.02 Å². The van der Waals surface area contributed by atoms with Gasteiger partial charge in [-0.1, -0.05) is 41.4 Å². The van der Waals surface area contributed by atoms with Gasteiger partial charge in [-0.15, -0.1) is 0 Å². The van der Waals surface area contributed by atoms with Crippen molar-refractivity contribution in [1.29, 1.82) is 0 Å². The fraction of sp³-hybridized carbons (Fsp3) is 0.118. The van der Waals surface area contributed by atoms with Gasteiger partial charge in [0.15, 0.2) is 17.3 Å². The number of benzene rings is 2. The smallest absolute Gasteiger partial charge is 0.231 e. The Morgan fingerprint density at radius 2 is 2.08 bits per heavy atom. The molecule has 1 N–H and O–H groups in total. The van der Waals surface area contributed by atoms with Crippen LogP contribution in [0.5, 0.6) is 11.5 Å². The van der Waals surface area contributed by atoms with E-state index in [1.807, 2.05) is 37.3 Å². The van der Waals surface area contributed by atoms with Crippen molar-refractivity contribution in [2.24, 2.45) is 5.10 Å². The highest BCUT2D eigenvalue weighted by Gasteiger charge is 2.17. The number of hydrogen-bond acceptors (Lipinski definition) is 5. The number of halogens is 1. The zero-order valence-electron chi connectivity index (χ0n) is 13.2. The average Bonchev–Trinajstić information content (AvgIpc) is 3.21. The summed E-state index contributed by atoms with van der Waals surface area (Å²) in [6.07, 6.45) is 1.65. The third kappa shape index (κ3) is 3.04. The minimum Gasteiger partial charge on any atom is -0.454 e. The fourth-order valence-corrected chi connectivity index (χ4v) is 2.93. The number of fused-ring (bicyclic) bond motifs is 1. The highest BCUT2D eigenvalue weighted by Crippen LogP contribution is 2.39. The van der Waals surface area contributed by atoms with Crippen LogP contribution >= 0.6 is 23.8 Å². The second-order valence-corrected chi connectivity index (χ2v) is 6.31. The molecule has 0 atom stereocenters. The number of ether oxygens (including phenoxy) is 2. The molecule has 3 aromatic rings. The standard InChI is InChI=1S/C17H13ClN4O2S/c1-10-2-4-12(5-3-10)16-20-21-17(25)22(16)19-8-11-6-13(18)15-14(7-11)23-9-24-15/h2-8H,9H2,1H3,(H,21,25)/b19-8-. The van der Waals surface area contributed by atoms with Crippen molar-refractivity contribution in [1.82, 2.24) is 14.9 Å². The summed E-state index contributed by atoms with van der Waals surface area (Å²) in [5, 5.41) is 12.0. The molecule has 0 spiro atoms. The van der Waals surface area contributed by atoms with Gasteiger partial charge in [0.05, 0.1) is 11.2 Å². The molecule has 0 fully saturated rings. The van der Waals surface area contributed by atoms with Crippen LogP contribution in [0.4, 0.5) is 0 Å². The number of nitrogens with zero attached hydrogens (tertiary/aromatic N) is 3. The number of aromatic nitrogens is 3. The molecule has 25 heavy (non-hydrogen) atoms. The van der Waals surface area contributed by atoms with Crippen LogP contribution in [-0.4, -0.2) is 27.9 Å². The van der Waals surface area contributed by atoms with E-state index in [2.05, 4.69) is 15.3 Å². The average molecular weight is 373 g/mol. The van der Waals surface area contributed by atoms with Crippen molar-refractivity contribution in [3.8, 4) is 22.9 Å². The number of aromatic amines is 1. The number of rotatable bonds is 3. The van der Waals surface area contributed by atoms with Crippen molar-refractivity contribution in [3.63, 3.8) is 0 Å². The maximum absolute atomic E-state index is 6.20. The largest absolute Gasteiger partial charge is 0.454 e. The first kappa shape index (κ1) is 15.9. The van der Waals surface area contributed by atoms with Crippen molar-refractivity contribution in [2.75, 3.05) is 6.79 Å². The van der Waals surface area contributed by atoms with Crippen molar-refractivity contribution >= 4 is 30.0 Å². The van der Waals surface area contributed by atoms with Crippen LogP contribution in [-0.2, 0) is 0 Å². The molecule has 2 heterocycles. The highest BCUT2D eigenvalue weighted by atomic mass is 35.5. The summed E-state index contributed by atoms with van der Waals surface area (Å²) >= 11 is 11.5. The number of H-pyrrole nitrogens is 1. The summed E-state index contributed by atoms with van der Waals surface area (Å²) in [5.74, 6) is 1.79. The summed E-state index contributed by atoms with van der Waals surface area (Å²) in [5.41, 5.74) is 2.86. The Hall–Kier alpha value is -2.64. The van der Waals surface area contributed by atoms with Gasteiger partial charge in [-0.3, -0.25) is 0 Å². The van der Waals surface area contributed by atoms with Gasteiger partial charge in [0.25, 0.3) is 0 Å². The van der Waals surface area contributed by atoms with Gasteiger partial charge >= 0.3 is 0 Å². The first-order chi connectivity index (χ1) is 12.1. The van der Waals surface area contributed by atoms with E-state index < -0.39 is 0 Å². The molecule has 0 bridgehead atoms. The first-order valence-electron chi connectivity index (χ1n) is 7.50. The fourth-order valence-electron chi connectivity index (χ4n) is 2.47. The van der Waals surface area contributed by atoms with E-state index in [9.17, 15) is 0 Å². The zero-order valence-corrected chi connectivity index (χ0v) is 14.8. The number of hydrogen-bond donors (Lipinski definition) is 1. The van der Waals surface area contributed by atoms with Crippen molar-refractivity contribution < 1.29 is 9.47 Å². The van der Waals surface area contributed by atoms with Crippen LogP contribution in [0.25, 0.3) is 11.4 Å². The molecule has 1 aromatic heterocycles. The van der Waals surface area contributed by atoms with Gasteiger partial charge < -0.3 is 9.47 Å². The Labute approximate surface area is 153 Å². The Morgan fingerprint density at radius 3 is 2.88 bits per heavy atom. The Balaban J connectivity index is 1.71. The molecular formula is C17H13ClN4O2S. The summed E-state index contributed by atoms with van der Waals surface area (Å²) in [7, 11) is 0. The lowest BCUT2D eigenvalue weighted by atomic mass is 10.1. The molecule has 0 saturated carbocycles. The van der Waals surface area contributed by atoms with Crippen LogP contribution < -0.4 is 9.47 Å². The molecule has 4 rings (SSSR count). The lowest BCUT2D eigenvalue weighted by Crippen LogP contribution is -1.95. The normalized spacial score (nSPS) is 12.9. The van der Waals surface area contributed by atoms with Crippen LogP contribution in [0, 0.1) is 11.7 Å². The monoisotopic (exact) mass is 372 g/mol. The van der Waals surface area contributed by atoms with E-state index in [4.69, 9.17) is 33.3 Å². The molecule has 126 valence electrons. The third-order valence-corrected chi connectivity index (χ3v) is 4.28. The minimum absolute atomic E-state index is 0.167. The summed E-state index contributed by atoms with van der Waals surface area (Å²) in [6, 6.07) is 11.5. The summed E-state index contributed by atoms with van der Waals surface area (Å²) < 4.78 is 12.6. The van der Waals surface area contributed by atoms with Crippen LogP contribution in [0.15, 0.2) is 41.5 Å². The van der Waals surface area contributed by atoms with Crippen molar-refractivity contribution in [3.05, 3.63) is 57.3 Å². The quantitative estimate of drug-likeness (QED) is 0.553. The molecule has 0 amide bonds. The molecule has 0 aliphatic carbocycles. The maximum Gasteiger partial charge on any atom is 0.231 e. The van der Waals surface area contributed by atoms with E-state index in [0.29, 0.717) is 27.1 Å². The summed E-state index contributed by atoms with van der Waals surface area (Å²) in [4.78, 5) is 0. The lowest BCUT2D eigenvalue weighted by Gasteiger charge is -2.03. The van der Waals surface area contributed by atoms with E-state index in [1.54, 1.807) is 17.0 Å². The molecule has 1 aliphatic rings. The van der Waals surface area contributed by atoms with Crippen LogP contribution in [0.3, 0.4) is 0 Å². The molecule has 1 aliphatic heterocycles. The van der Waals surface area contributed by atoms with Gasteiger partial charge in [0.2, 0.25) is 11.6 Å². The molecule has 0 saturated heterocycles. The molecule has 0 radical (unpaired) electrons. The number of aryl methyl sites for hydroxylation is 1. The predicted octanol–water partition coefficient (Wildman–Crippen LogP) is 4.18. The van der Waals surface area contributed by atoms with Crippen LogP contribution in [0.1, 0.15) is 11.1 Å². The topological polar surface area (TPSA) is 64.4 Å². The summed E-state index contributed by atoms with van der Waals surface area (Å²) in [6.45, 7) is 2.20. The molecule has 8 heteroatoms. The van der Waals surface area contributed by atoms with Gasteiger partial charge in [-0.25, -0.2) is 5.10 Å². The van der Waals surface area contributed by atoms with Gasteiger partial charge in [0, 0.05) is 5.56 Å². The Bertz CT molecular complexity index is 1020. The van der Waals surface area contributed by atoms with E-state index >= 15 is 0 Å². The first-order valence-corrected chi connectivity index (χ1v) is 8.28. The number of nitrogens with one attached hydrogen (secondary N) is 1. The second kappa shape index (κ2) is 6.34. The van der Waals surface area contributed by atoms with Gasteiger partial charge in [0.1, 0.15) is 0 Å².